The highest BCUT2D eigenvalue weighted by Crippen LogP contribution is 2.70. The average Bonchev–Trinajstić information content (AvgIpc) is 3.64. The Morgan fingerprint density at radius 2 is 1.67 bits per heavy atom. The number of carbonyl (C=O) groups is 5. The van der Waals surface area contributed by atoms with E-state index in [9.17, 15) is 24.0 Å². The molecule has 2 saturated carbocycles. The molecule has 252 valence electrons. The molecule has 45 heavy (non-hydrogen) atoms. The quantitative estimate of drug-likeness (QED) is 0.170. The first-order valence-electron chi connectivity index (χ1n) is 16.4. The molecule has 2 unspecified atom stereocenters. The molecule has 0 aromatic carbocycles. The predicted octanol–water partition coefficient (Wildman–Crippen LogP) is 4.48. The normalized spacial score (nSPS) is 35.6. The summed E-state index contributed by atoms with van der Waals surface area (Å²) in [5.41, 5.74) is -2.03. The van der Waals surface area contributed by atoms with Crippen molar-refractivity contribution >= 4 is 29.8 Å². The molecule has 2 aliphatic carbocycles. The molecule has 4 rings (SSSR count). The smallest absolute Gasteiger partial charge is 0.331 e. The molecule has 0 aromatic rings. The highest BCUT2D eigenvalue weighted by Gasteiger charge is 2.77. The van der Waals surface area contributed by atoms with Crippen LogP contribution >= 0.6 is 0 Å². The molecule has 11 nitrogen and oxygen atoms in total. The number of carbonyl (C=O) groups excluding carboxylic acids is 5. The third-order valence-electron chi connectivity index (χ3n) is 11.2. The van der Waals surface area contributed by atoms with Crippen molar-refractivity contribution < 1.29 is 52.4 Å². The largest absolute Gasteiger partial charge is 0.465 e. The van der Waals surface area contributed by atoms with Crippen molar-refractivity contribution in [3.63, 3.8) is 0 Å². The summed E-state index contributed by atoms with van der Waals surface area (Å²) in [4.78, 5) is 63.7. The van der Waals surface area contributed by atoms with Gasteiger partial charge in [0.1, 0.15) is 37.1 Å². The second-order valence-corrected chi connectivity index (χ2v) is 13.9. The summed E-state index contributed by atoms with van der Waals surface area (Å²) in [6.07, 6.45) is 2.11. The second kappa shape index (κ2) is 13.4. The van der Waals surface area contributed by atoms with E-state index in [1.165, 1.54) is 19.9 Å². The fourth-order valence-electron chi connectivity index (χ4n) is 7.93. The molecule has 0 bridgehead atoms. The highest BCUT2D eigenvalue weighted by molar-refractivity contribution is 5.85. The zero-order valence-electron chi connectivity index (χ0n) is 28.0. The van der Waals surface area contributed by atoms with Crippen LogP contribution in [0.2, 0.25) is 0 Å². The zero-order valence-corrected chi connectivity index (χ0v) is 28.0. The number of hydrogen-bond acceptors (Lipinski definition) is 11. The first kappa shape index (κ1) is 34.9. The number of esters is 5. The number of hydrogen-bond donors (Lipinski definition) is 0. The van der Waals surface area contributed by atoms with E-state index in [4.69, 9.17) is 28.4 Å². The summed E-state index contributed by atoms with van der Waals surface area (Å²) in [5, 5.41) is 0. The van der Waals surface area contributed by atoms with Crippen molar-refractivity contribution in [2.75, 3.05) is 19.8 Å². The van der Waals surface area contributed by atoms with Crippen LogP contribution in [0.1, 0.15) is 93.9 Å². The van der Waals surface area contributed by atoms with Crippen molar-refractivity contribution in [2.45, 2.75) is 118 Å². The summed E-state index contributed by atoms with van der Waals surface area (Å²) in [7, 11) is 0. The van der Waals surface area contributed by atoms with E-state index in [1.54, 1.807) is 6.92 Å². The molecular weight excluding hydrogens is 584 g/mol. The molecule has 0 radical (unpaired) electrons. The molecule has 10 atom stereocenters. The van der Waals surface area contributed by atoms with E-state index in [2.05, 4.69) is 6.92 Å². The van der Waals surface area contributed by atoms with Gasteiger partial charge < -0.3 is 28.4 Å². The molecule has 4 aliphatic rings. The van der Waals surface area contributed by atoms with Gasteiger partial charge in [0, 0.05) is 31.4 Å². The lowest BCUT2D eigenvalue weighted by Crippen LogP contribution is -2.71. The Bertz CT molecular complexity index is 1200. The van der Waals surface area contributed by atoms with Crippen LogP contribution in [0, 0.1) is 34.5 Å². The van der Waals surface area contributed by atoms with Crippen LogP contribution in [0.15, 0.2) is 11.6 Å². The molecule has 0 N–H and O–H groups in total. The van der Waals surface area contributed by atoms with Gasteiger partial charge in [0.25, 0.3) is 0 Å². The van der Waals surface area contributed by atoms with Crippen LogP contribution in [-0.2, 0) is 52.4 Å². The first-order valence-corrected chi connectivity index (χ1v) is 16.4. The Kier molecular flexibility index (Phi) is 10.4. The minimum Gasteiger partial charge on any atom is -0.465 e. The molecule has 0 aromatic heterocycles. The van der Waals surface area contributed by atoms with Gasteiger partial charge >= 0.3 is 29.8 Å². The third-order valence-corrected chi connectivity index (χ3v) is 11.2. The van der Waals surface area contributed by atoms with Crippen LogP contribution in [0.3, 0.4) is 0 Å². The molecule has 1 spiro atoms. The first-order chi connectivity index (χ1) is 21.1. The van der Waals surface area contributed by atoms with Crippen molar-refractivity contribution in [1.82, 2.24) is 0 Å². The van der Waals surface area contributed by atoms with E-state index in [0.29, 0.717) is 44.3 Å². The number of fused-ring (bicyclic) bond motifs is 2. The lowest BCUT2D eigenvalue weighted by Gasteiger charge is -2.64. The Morgan fingerprint density at radius 3 is 2.20 bits per heavy atom. The summed E-state index contributed by atoms with van der Waals surface area (Å²) < 4.78 is 35.9. The number of rotatable bonds is 12. The summed E-state index contributed by atoms with van der Waals surface area (Å²) in [5.74, 6) is -3.58. The van der Waals surface area contributed by atoms with Gasteiger partial charge in [0.05, 0.1) is 23.9 Å². The molecule has 2 heterocycles. The maximum absolute atomic E-state index is 13.4. The van der Waals surface area contributed by atoms with Crippen LogP contribution in [-0.4, -0.2) is 73.6 Å². The molecule has 2 aliphatic heterocycles. The van der Waals surface area contributed by atoms with Gasteiger partial charge in [0.15, 0.2) is 0 Å². The third kappa shape index (κ3) is 6.65. The Labute approximate surface area is 266 Å². The van der Waals surface area contributed by atoms with Gasteiger partial charge in [-0.1, -0.05) is 41.5 Å². The SMILES string of the molecule is CCC(C)C(=O)O[C@@H](C[C@@]1(C)[C@H](C)C[C@H](OC(C)=O)[C@]2(COC(C)=O)[C@@H]1[C@H](OC(=O)C(C)CC)CC[C@]21CO1)C1=CC(=O)OC1. The molecule has 1 saturated heterocycles. The van der Waals surface area contributed by atoms with Gasteiger partial charge in [0.2, 0.25) is 0 Å². The van der Waals surface area contributed by atoms with E-state index in [-0.39, 0.29) is 49.3 Å². The van der Waals surface area contributed by atoms with Gasteiger partial charge in [-0.15, -0.1) is 0 Å². The van der Waals surface area contributed by atoms with Crippen LogP contribution in [0.5, 0.6) is 0 Å². The Balaban J connectivity index is 1.89. The van der Waals surface area contributed by atoms with Gasteiger partial charge in [-0.2, -0.15) is 0 Å². The van der Waals surface area contributed by atoms with Crippen LogP contribution < -0.4 is 0 Å². The minimum absolute atomic E-state index is 0.000550. The minimum atomic E-state index is -1.06. The van der Waals surface area contributed by atoms with Crippen LogP contribution in [0.4, 0.5) is 0 Å². The fourth-order valence-corrected chi connectivity index (χ4v) is 7.93. The molecule has 3 fully saturated rings. The van der Waals surface area contributed by atoms with Gasteiger partial charge in [-0.3, -0.25) is 19.2 Å². The van der Waals surface area contributed by atoms with Gasteiger partial charge in [-0.05, 0) is 49.9 Å². The van der Waals surface area contributed by atoms with E-state index in [0.717, 1.165) is 0 Å². The van der Waals surface area contributed by atoms with Gasteiger partial charge in [-0.25, -0.2) is 4.79 Å². The maximum Gasteiger partial charge on any atom is 0.331 e. The van der Waals surface area contributed by atoms with E-state index in [1.807, 2.05) is 27.7 Å². The summed E-state index contributed by atoms with van der Waals surface area (Å²) >= 11 is 0. The molecule has 0 amide bonds. The molecule has 11 heteroatoms. The standard InChI is InChI=1S/C34H50O11/c1-9-19(3)30(38)44-25-11-12-33(17-42-33)34(18-41-22(6)35)27(43-23(7)36)13-21(5)32(8,29(25)34)15-26(24-14-28(37)40-16-24)45-31(39)20(4)10-2/h14,19-21,25-27,29H,9-13,15-18H2,1-8H3/t19?,20?,21-,25-,26+,27+,29-,32+,33+,34-/m1/s1. The van der Waals surface area contributed by atoms with Crippen LogP contribution in [0.25, 0.3) is 0 Å². The predicted molar refractivity (Wildman–Crippen MR) is 160 cm³/mol. The summed E-state index contributed by atoms with van der Waals surface area (Å²) in [6, 6.07) is 0. The topological polar surface area (TPSA) is 144 Å². The van der Waals surface area contributed by atoms with E-state index < -0.39 is 58.6 Å². The van der Waals surface area contributed by atoms with E-state index >= 15 is 0 Å². The monoisotopic (exact) mass is 634 g/mol. The number of ether oxygens (including phenoxy) is 6. The fraction of sp³-hybridized carbons (Fsp3) is 0.794. The lowest BCUT2D eigenvalue weighted by molar-refractivity contribution is -0.260. The summed E-state index contributed by atoms with van der Waals surface area (Å²) in [6.45, 7) is 14.5. The van der Waals surface area contributed by atoms with Crippen molar-refractivity contribution in [3.8, 4) is 0 Å². The van der Waals surface area contributed by atoms with Crippen molar-refractivity contribution in [2.24, 2.45) is 34.5 Å². The second-order valence-electron chi connectivity index (χ2n) is 13.9. The number of epoxide rings is 1. The maximum atomic E-state index is 13.4. The Morgan fingerprint density at radius 1 is 1.02 bits per heavy atom. The molecular formula is C34H50O11. The highest BCUT2D eigenvalue weighted by atomic mass is 16.6. The average molecular weight is 635 g/mol. The zero-order chi connectivity index (χ0) is 33.3. The lowest BCUT2D eigenvalue weighted by atomic mass is 9.42. The Hall–Kier alpha value is -2.95. The van der Waals surface area contributed by atoms with Crippen molar-refractivity contribution in [1.29, 1.82) is 0 Å². The number of cyclic esters (lactones) is 1. The van der Waals surface area contributed by atoms with Crippen molar-refractivity contribution in [3.05, 3.63) is 11.6 Å².